The zero-order chi connectivity index (χ0) is 27.3. The minimum Gasteiger partial charge on any atom is -0.505 e. The van der Waals surface area contributed by atoms with Crippen molar-refractivity contribution in [1.82, 2.24) is 0 Å². The molecule has 4 rings (SSSR count). The Bertz CT molecular complexity index is 1840. The van der Waals surface area contributed by atoms with Gasteiger partial charge in [0.1, 0.15) is 16.3 Å². The van der Waals surface area contributed by atoms with E-state index < -0.39 is 41.5 Å². The third kappa shape index (κ3) is 5.32. The number of benzene rings is 4. The van der Waals surface area contributed by atoms with E-state index in [4.69, 9.17) is 34.7 Å². The first-order valence-electron chi connectivity index (χ1n) is 9.97. The van der Waals surface area contributed by atoms with Gasteiger partial charge >= 0.3 is 0 Å². The van der Waals surface area contributed by atoms with E-state index >= 15 is 0 Å². The molecule has 0 fully saturated rings. The fraction of sp³-hybridized carbons (Fsp3) is 0. The molecule has 11 nitrogen and oxygen atoms in total. The fourth-order valence-corrected chi connectivity index (χ4v) is 5.12. The summed E-state index contributed by atoms with van der Waals surface area (Å²) in [6, 6.07) is 12.2. The van der Waals surface area contributed by atoms with E-state index in [0.717, 1.165) is 18.2 Å². The summed E-state index contributed by atoms with van der Waals surface area (Å²) in [4.78, 5) is -1.54. The molecule has 0 saturated carbocycles. The molecule has 0 aliphatic rings. The lowest BCUT2D eigenvalue weighted by Gasteiger charge is -2.12. The third-order valence-electron chi connectivity index (χ3n) is 5.27. The summed E-state index contributed by atoms with van der Waals surface area (Å²) >= 11 is 12.4. The van der Waals surface area contributed by atoms with Crippen LogP contribution in [0.3, 0.4) is 0 Å². The van der Waals surface area contributed by atoms with Crippen molar-refractivity contribution in [3.8, 4) is 16.9 Å². The molecular formula is C22H16Cl2N4O7S2. The highest BCUT2D eigenvalue weighted by Crippen LogP contribution is 2.45. The van der Waals surface area contributed by atoms with E-state index in [1.54, 1.807) is 30.3 Å². The van der Waals surface area contributed by atoms with Crippen molar-refractivity contribution in [3.05, 3.63) is 64.6 Å². The van der Waals surface area contributed by atoms with Crippen molar-refractivity contribution in [3.63, 3.8) is 0 Å². The van der Waals surface area contributed by atoms with E-state index in [2.05, 4.69) is 10.2 Å². The van der Waals surface area contributed by atoms with Crippen molar-refractivity contribution >= 4 is 77.0 Å². The molecule has 0 aliphatic carbocycles. The van der Waals surface area contributed by atoms with Crippen LogP contribution >= 0.6 is 23.2 Å². The quantitative estimate of drug-likeness (QED) is 0.113. The Hall–Kier alpha value is -3.46. The molecule has 15 heteroatoms. The topological polar surface area (TPSA) is 206 Å². The maximum absolute atomic E-state index is 12.0. The fourth-order valence-electron chi connectivity index (χ4n) is 3.51. The van der Waals surface area contributed by atoms with Crippen LogP contribution in [0.4, 0.5) is 22.7 Å². The molecule has 4 aromatic rings. The molecule has 0 aliphatic heterocycles. The Morgan fingerprint density at radius 2 is 1.35 bits per heavy atom. The van der Waals surface area contributed by atoms with Gasteiger partial charge in [-0.2, -0.15) is 16.8 Å². The predicted octanol–water partition coefficient (Wildman–Crippen LogP) is 5.59. The normalized spacial score (nSPS) is 12.4. The average molecular weight is 583 g/mol. The highest BCUT2D eigenvalue weighted by atomic mass is 35.5. The van der Waals surface area contributed by atoms with Crippen molar-refractivity contribution in [2.45, 2.75) is 9.79 Å². The van der Waals surface area contributed by atoms with Crippen LogP contribution in [-0.4, -0.2) is 31.0 Å². The van der Waals surface area contributed by atoms with E-state index in [0.29, 0.717) is 21.8 Å². The Balaban J connectivity index is 1.85. The van der Waals surface area contributed by atoms with E-state index in [1.165, 1.54) is 6.07 Å². The van der Waals surface area contributed by atoms with Crippen LogP contribution in [-0.2, 0) is 20.2 Å². The highest BCUT2D eigenvalue weighted by molar-refractivity contribution is 7.86. The minimum atomic E-state index is -5.00. The molecule has 0 radical (unpaired) electrons. The SMILES string of the molecule is Nc1ccc(-c2ccc(N=Nc3c(S(=O)(=O)O)cc4cc(S(=O)(=O)O)cc(N)c4c3O)c(Cl)c2)cc1Cl. The van der Waals surface area contributed by atoms with Gasteiger partial charge in [0, 0.05) is 11.1 Å². The lowest BCUT2D eigenvalue weighted by molar-refractivity contribution is 0.472. The number of hydrogen-bond donors (Lipinski definition) is 5. The largest absolute Gasteiger partial charge is 0.505 e. The number of hydrogen-bond acceptors (Lipinski definition) is 9. The number of phenols is 1. The first-order chi connectivity index (χ1) is 17.2. The van der Waals surface area contributed by atoms with Gasteiger partial charge < -0.3 is 16.6 Å². The molecule has 0 atom stereocenters. The number of nitrogens with zero attached hydrogens (tertiary/aromatic N) is 2. The Morgan fingerprint density at radius 3 is 1.92 bits per heavy atom. The Labute approximate surface area is 220 Å². The number of anilines is 2. The Morgan fingerprint density at radius 1 is 0.730 bits per heavy atom. The first kappa shape index (κ1) is 26.6. The van der Waals surface area contributed by atoms with Crippen LogP contribution in [0.5, 0.6) is 5.75 Å². The number of halogens is 2. The van der Waals surface area contributed by atoms with Gasteiger partial charge in [0.15, 0.2) is 5.75 Å². The predicted molar refractivity (Wildman–Crippen MR) is 140 cm³/mol. The van der Waals surface area contributed by atoms with Crippen LogP contribution < -0.4 is 11.5 Å². The number of phenolic OH excluding ortho intramolecular Hbond substituents is 1. The molecular weight excluding hydrogens is 567 g/mol. The maximum Gasteiger partial charge on any atom is 0.296 e. The summed E-state index contributed by atoms with van der Waals surface area (Å²) < 4.78 is 66.1. The monoisotopic (exact) mass is 582 g/mol. The van der Waals surface area contributed by atoms with Crippen molar-refractivity contribution in [2.75, 3.05) is 11.5 Å². The highest BCUT2D eigenvalue weighted by Gasteiger charge is 2.25. The second-order valence-corrected chi connectivity index (χ2v) is 11.4. The first-order valence-corrected chi connectivity index (χ1v) is 13.6. The number of aromatic hydroxyl groups is 1. The van der Waals surface area contributed by atoms with Crippen LogP contribution in [0, 0.1) is 0 Å². The molecule has 0 amide bonds. The minimum absolute atomic E-state index is 0.0856. The van der Waals surface area contributed by atoms with Crippen molar-refractivity contribution < 1.29 is 31.0 Å². The van der Waals surface area contributed by atoms with Gasteiger partial charge in [-0.05, 0) is 59.0 Å². The zero-order valence-electron chi connectivity index (χ0n) is 18.3. The third-order valence-corrected chi connectivity index (χ3v) is 7.60. The molecule has 192 valence electrons. The Kier molecular flexibility index (Phi) is 6.79. The molecule has 0 heterocycles. The summed E-state index contributed by atoms with van der Waals surface area (Å²) in [7, 11) is -9.71. The van der Waals surface area contributed by atoms with Gasteiger partial charge in [-0.15, -0.1) is 10.2 Å². The molecule has 7 N–H and O–H groups in total. The van der Waals surface area contributed by atoms with Crippen LogP contribution in [0.2, 0.25) is 10.0 Å². The standard InChI is InChI=1S/C22H16Cl2N4O7S2/c23-14-6-10(1-3-16(14)25)11-2-4-18(15(24)7-11)27-28-21-19(37(33,34)35)8-12-5-13(36(30,31)32)9-17(26)20(12)22(21)29/h1-9,29H,25-26H2,(H,30,31,32)(H,33,34,35). The van der Waals surface area contributed by atoms with Crippen molar-refractivity contribution in [2.24, 2.45) is 10.2 Å². The van der Waals surface area contributed by atoms with Crippen LogP contribution in [0.25, 0.3) is 21.9 Å². The second kappa shape index (κ2) is 9.45. The summed E-state index contributed by atoms with van der Waals surface area (Å²) in [6.07, 6.45) is 0. The number of rotatable bonds is 5. The smallest absolute Gasteiger partial charge is 0.296 e. The van der Waals surface area contributed by atoms with Gasteiger partial charge in [0.2, 0.25) is 0 Å². The molecule has 0 aromatic heterocycles. The lowest BCUT2D eigenvalue weighted by Crippen LogP contribution is -2.02. The maximum atomic E-state index is 12.0. The molecule has 0 spiro atoms. The summed E-state index contributed by atoms with van der Waals surface area (Å²) in [5.41, 5.74) is 12.5. The second-order valence-electron chi connectivity index (χ2n) is 7.74. The van der Waals surface area contributed by atoms with Crippen molar-refractivity contribution in [1.29, 1.82) is 0 Å². The number of azo groups is 1. The van der Waals surface area contributed by atoms with Gasteiger partial charge in [-0.25, -0.2) is 0 Å². The number of nitrogens with two attached hydrogens (primary N) is 2. The zero-order valence-corrected chi connectivity index (χ0v) is 21.4. The number of nitrogen functional groups attached to an aromatic ring is 2. The summed E-state index contributed by atoms with van der Waals surface area (Å²) in [6.45, 7) is 0. The molecule has 0 saturated heterocycles. The molecule has 4 aromatic carbocycles. The van der Waals surface area contributed by atoms with E-state index in [1.807, 2.05) is 0 Å². The molecule has 0 bridgehead atoms. The van der Waals surface area contributed by atoms with Gasteiger partial charge in [-0.3, -0.25) is 9.11 Å². The molecule has 37 heavy (non-hydrogen) atoms. The molecule has 0 unspecified atom stereocenters. The summed E-state index contributed by atoms with van der Waals surface area (Å²) in [5, 5.41) is 18.5. The van der Waals surface area contributed by atoms with Gasteiger partial charge in [-0.1, -0.05) is 35.3 Å². The van der Waals surface area contributed by atoms with E-state index in [-0.39, 0.29) is 27.2 Å². The number of fused-ring (bicyclic) bond motifs is 1. The van der Waals surface area contributed by atoms with Gasteiger partial charge in [0.05, 0.1) is 20.6 Å². The summed E-state index contributed by atoms with van der Waals surface area (Å²) in [5.74, 6) is -0.808. The lowest BCUT2D eigenvalue weighted by atomic mass is 10.1. The van der Waals surface area contributed by atoms with Crippen LogP contribution in [0.15, 0.2) is 74.6 Å². The van der Waals surface area contributed by atoms with Gasteiger partial charge in [0.25, 0.3) is 20.2 Å². The van der Waals surface area contributed by atoms with Crippen LogP contribution in [0.1, 0.15) is 0 Å². The van der Waals surface area contributed by atoms with E-state index in [9.17, 15) is 31.0 Å². The average Bonchev–Trinajstić information content (AvgIpc) is 2.79.